The lowest BCUT2D eigenvalue weighted by Gasteiger charge is -2.12. The first-order valence-corrected chi connectivity index (χ1v) is 6.05. The molecule has 0 saturated carbocycles. The van der Waals surface area contributed by atoms with Crippen LogP contribution in [0.2, 0.25) is 0 Å². The third-order valence-electron chi connectivity index (χ3n) is 2.53. The van der Waals surface area contributed by atoms with Gasteiger partial charge in [-0.05, 0) is 18.6 Å². The molecule has 1 unspecified atom stereocenters. The molecule has 0 saturated heterocycles. The number of hydrogen-bond acceptors (Lipinski definition) is 2. The molecule has 2 aromatic rings. The Kier molecular flexibility index (Phi) is 3.67. The second-order valence-corrected chi connectivity index (χ2v) is 4.45. The van der Waals surface area contributed by atoms with Crippen molar-refractivity contribution in [3.05, 3.63) is 30.6 Å². The average Bonchev–Trinajstić information content (AvgIpc) is 2.75. The molecule has 3 nitrogen and oxygen atoms in total. The summed E-state index contributed by atoms with van der Waals surface area (Å²) < 4.78 is 2.02. The zero-order chi connectivity index (χ0) is 11.4. The standard InChI is InChI=1S/C12H16ClN3/c1-2-4-10(13)9-15-12-6-3-5-11-14-7-8-16(11)12/h3,5-8,10,15H,2,4,9H2,1H3. The highest BCUT2D eigenvalue weighted by molar-refractivity contribution is 6.20. The van der Waals surface area contributed by atoms with Gasteiger partial charge in [0.25, 0.3) is 0 Å². The zero-order valence-electron chi connectivity index (χ0n) is 9.36. The molecule has 0 aliphatic rings. The number of nitrogens with one attached hydrogen (secondary N) is 1. The van der Waals surface area contributed by atoms with Crippen molar-refractivity contribution < 1.29 is 0 Å². The van der Waals surface area contributed by atoms with E-state index in [2.05, 4.69) is 17.2 Å². The number of halogens is 1. The lowest BCUT2D eigenvalue weighted by molar-refractivity contribution is 0.750. The van der Waals surface area contributed by atoms with Gasteiger partial charge in [0.15, 0.2) is 0 Å². The predicted octanol–water partition coefficient (Wildman–Crippen LogP) is 3.15. The van der Waals surface area contributed by atoms with E-state index in [1.165, 1.54) is 0 Å². The lowest BCUT2D eigenvalue weighted by Crippen LogP contribution is -2.15. The number of alkyl halides is 1. The maximum Gasteiger partial charge on any atom is 0.138 e. The molecular formula is C12H16ClN3. The maximum atomic E-state index is 6.17. The number of imidazole rings is 1. The van der Waals surface area contributed by atoms with Crippen LogP contribution in [0.1, 0.15) is 19.8 Å². The molecule has 0 amide bonds. The first kappa shape index (κ1) is 11.3. The Bertz CT molecular complexity index is 452. The van der Waals surface area contributed by atoms with Crippen LogP contribution in [-0.2, 0) is 0 Å². The fourth-order valence-electron chi connectivity index (χ4n) is 1.72. The van der Waals surface area contributed by atoms with Crippen molar-refractivity contribution in [2.45, 2.75) is 25.1 Å². The van der Waals surface area contributed by atoms with Gasteiger partial charge in [-0.3, -0.25) is 4.40 Å². The van der Waals surface area contributed by atoms with E-state index in [0.29, 0.717) is 0 Å². The molecule has 0 radical (unpaired) electrons. The summed E-state index contributed by atoms with van der Waals surface area (Å²) in [5, 5.41) is 3.53. The van der Waals surface area contributed by atoms with Crippen LogP contribution in [0.25, 0.3) is 5.65 Å². The van der Waals surface area contributed by atoms with Gasteiger partial charge in [0, 0.05) is 18.9 Å². The first-order chi connectivity index (χ1) is 7.81. The third kappa shape index (κ3) is 2.47. The summed E-state index contributed by atoms with van der Waals surface area (Å²) in [7, 11) is 0. The molecule has 86 valence electrons. The molecule has 2 aromatic heterocycles. The molecule has 4 heteroatoms. The van der Waals surface area contributed by atoms with Crippen molar-refractivity contribution in [1.29, 1.82) is 0 Å². The summed E-state index contributed by atoms with van der Waals surface area (Å²) in [6.45, 7) is 2.93. The molecular weight excluding hydrogens is 222 g/mol. The van der Waals surface area contributed by atoms with Crippen LogP contribution < -0.4 is 5.32 Å². The number of fused-ring (bicyclic) bond motifs is 1. The van der Waals surface area contributed by atoms with Crippen LogP contribution in [0.4, 0.5) is 5.82 Å². The molecule has 1 atom stereocenters. The van der Waals surface area contributed by atoms with Gasteiger partial charge in [-0.1, -0.05) is 19.4 Å². The van der Waals surface area contributed by atoms with E-state index >= 15 is 0 Å². The Morgan fingerprint density at radius 2 is 2.38 bits per heavy atom. The van der Waals surface area contributed by atoms with Crippen LogP contribution in [-0.4, -0.2) is 21.3 Å². The van der Waals surface area contributed by atoms with Crippen molar-refractivity contribution in [1.82, 2.24) is 9.38 Å². The van der Waals surface area contributed by atoms with Crippen LogP contribution >= 0.6 is 11.6 Å². The second kappa shape index (κ2) is 5.21. The minimum absolute atomic E-state index is 0.184. The van der Waals surface area contributed by atoms with Gasteiger partial charge in [-0.2, -0.15) is 0 Å². The first-order valence-electron chi connectivity index (χ1n) is 5.61. The van der Waals surface area contributed by atoms with Crippen molar-refractivity contribution >= 4 is 23.1 Å². The van der Waals surface area contributed by atoms with Crippen molar-refractivity contribution in [2.75, 3.05) is 11.9 Å². The predicted molar refractivity (Wildman–Crippen MR) is 68.2 cm³/mol. The third-order valence-corrected chi connectivity index (χ3v) is 2.91. The van der Waals surface area contributed by atoms with Crippen molar-refractivity contribution in [3.8, 4) is 0 Å². The largest absolute Gasteiger partial charge is 0.370 e. The van der Waals surface area contributed by atoms with E-state index in [-0.39, 0.29) is 5.38 Å². The number of aromatic nitrogens is 2. The minimum atomic E-state index is 0.184. The molecule has 1 N–H and O–H groups in total. The molecule has 16 heavy (non-hydrogen) atoms. The Balaban J connectivity index is 2.06. The summed E-state index contributed by atoms with van der Waals surface area (Å²) in [6.07, 6.45) is 5.89. The van der Waals surface area contributed by atoms with Crippen LogP contribution in [0.15, 0.2) is 30.6 Å². The van der Waals surface area contributed by atoms with Crippen LogP contribution in [0.3, 0.4) is 0 Å². The number of anilines is 1. The minimum Gasteiger partial charge on any atom is -0.370 e. The number of nitrogens with zero attached hydrogens (tertiary/aromatic N) is 2. The summed E-state index contributed by atoms with van der Waals surface area (Å²) >= 11 is 6.17. The van der Waals surface area contributed by atoms with Gasteiger partial charge >= 0.3 is 0 Å². The molecule has 0 bridgehead atoms. The normalized spacial score (nSPS) is 12.9. The van der Waals surface area contributed by atoms with E-state index in [1.807, 2.05) is 28.8 Å². The SMILES string of the molecule is CCCC(Cl)CNc1cccc2nccn12. The molecule has 2 heterocycles. The fraction of sp³-hybridized carbons (Fsp3) is 0.417. The second-order valence-electron chi connectivity index (χ2n) is 3.83. The molecule has 0 fully saturated rings. The Morgan fingerprint density at radius 1 is 1.50 bits per heavy atom. The molecule has 0 aliphatic heterocycles. The maximum absolute atomic E-state index is 6.17. The van der Waals surface area contributed by atoms with Gasteiger partial charge in [0.05, 0.1) is 5.38 Å². The molecule has 0 aliphatic carbocycles. The van der Waals surface area contributed by atoms with Gasteiger partial charge in [0.1, 0.15) is 11.5 Å². The topological polar surface area (TPSA) is 29.3 Å². The Labute approximate surface area is 100 Å². The van der Waals surface area contributed by atoms with Crippen molar-refractivity contribution in [3.63, 3.8) is 0 Å². The number of hydrogen-bond donors (Lipinski definition) is 1. The van der Waals surface area contributed by atoms with Gasteiger partial charge in [-0.25, -0.2) is 4.98 Å². The number of rotatable bonds is 5. The Hall–Kier alpha value is -1.22. The number of pyridine rings is 1. The van der Waals surface area contributed by atoms with Gasteiger partial charge in [-0.15, -0.1) is 11.6 Å². The fourth-order valence-corrected chi connectivity index (χ4v) is 2.02. The highest BCUT2D eigenvalue weighted by Gasteiger charge is 2.04. The van der Waals surface area contributed by atoms with Gasteiger partial charge < -0.3 is 5.32 Å². The summed E-state index contributed by atoms with van der Waals surface area (Å²) in [5.41, 5.74) is 0.951. The average molecular weight is 238 g/mol. The summed E-state index contributed by atoms with van der Waals surface area (Å²) in [4.78, 5) is 4.23. The van der Waals surface area contributed by atoms with Crippen LogP contribution in [0.5, 0.6) is 0 Å². The highest BCUT2D eigenvalue weighted by atomic mass is 35.5. The van der Waals surface area contributed by atoms with E-state index < -0.39 is 0 Å². The molecule has 2 rings (SSSR count). The van der Waals surface area contributed by atoms with E-state index in [4.69, 9.17) is 11.6 Å². The monoisotopic (exact) mass is 237 g/mol. The smallest absolute Gasteiger partial charge is 0.138 e. The van der Waals surface area contributed by atoms with E-state index in [0.717, 1.165) is 30.9 Å². The van der Waals surface area contributed by atoms with Gasteiger partial charge in [0.2, 0.25) is 0 Å². The van der Waals surface area contributed by atoms with Crippen molar-refractivity contribution in [2.24, 2.45) is 0 Å². The Morgan fingerprint density at radius 3 is 3.19 bits per heavy atom. The highest BCUT2D eigenvalue weighted by Crippen LogP contribution is 2.12. The zero-order valence-corrected chi connectivity index (χ0v) is 10.1. The van der Waals surface area contributed by atoms with Crippen LogP contribution in [0, 0.1) is 0 Å². The van der Waals surface area contributed by atoms with E-state index in [9.17, 15) is 0 Å². The molecule has 0 aromatic carbocycles. The summed E-state index contributed by atoms with van der Waals surface area (Å²) in [5.74, 6) is 1.04. The van der Waals surface area contributed by atoms with E-state index in [1.54, 1.807) is 6.20 Å². The quantitative estimate of drug-likeness (QED) is 0.810. The molecule has 0 spiro atoms. The summed E-state index contributed by atoms with van der Waals surface area (Å²) in [6, 6.07) is 6.01. The lowest BCUT2D eigenvalue weighted by atomic mass is 10.2.